The molecule has 1 aliphatic rings. The van der Waals surface area contributed by atoms with Crippen molar-refractivity contribution in [1.29, 1.82) is 0 Å². The van der Waals surface area contributed by atoms with Crippen LogP contribution >= 0.6 is 0 Å². The molecule has 0 bridgehead atoms. The highest BCUT2D eigenvalue weighted by molar-refractivity contribution is 5.42. The Hall–Kier alpha value is -2.16. The first-order valence-electron chi connectivity index (χ1n) is 7.41. The van der Waals surface area contributed by atoms with Crippen molar-refractivity contribution in [2.24, 2.45) is 0 Å². The highest BCUT2D eigenvalue weighted by Crippen LogP contribution is 2.36. The first-order chi connectivity index (χ1) is 10.1. The molecule has 0 saturated carbocycles. The first kappa shape index (κ1) is 15.2. The SMILES string of the molecule is CCC.Oc1ccc([C@H]2CCc3cc(O)ccc3O2)cc1. The molecule has 0 unspecified atom stereocenters. The van der Waals surface area contributed by atoms with Crippen LogP contribution in [0.4, 0.5) is 0 Å². The number of hydrogen-bond donors (Lipinski definition) is 2. The maximum Gasteiger partial charge on any atom is 0.124 e. The maximum absolute atomic E-state index is 9.42. The Morgan fingerprint density at radius 2 is 1.62 bits per heavy atom. The van der Waals surface area contributed by atoms with Gasteiger partial charge in [-0.1, -0.05) is 32.4 Å². The summed E-state index contributed by atoms with van der Waals surface area (Å²) in [6.07, 6.45) is 3.03. The van der Waals surface area contributed by atoms with Crippen molar-refractivity contribution in [3.8, 4) is 17.2 Å². The molecule has 3 heteroatoms. The van der Waals surface area contributed by atoms with Gasteiger partial charge in [-0.05, 0) is 54.3 Å². The molecule has 3 nitrogen and oxygen atoms in total. The van der Waals surface area contributed by atoms with Crippen molar-refractivity contribution in [1.82, 2.24) is 0 Å². The fraction of sp³-hybridized carbons (Fsp3) is 0.333. The van der Waals surface area contributed by atoms with Crippen LogP contribution in [0.3, 0.4) is 0 Å². The Morgan fingerprint density at radius 1 is 1.00 bits per heavy atom. The fourth-order valence-electron chi connectivity index (χ4n) is 2.30. The fourth-order valence-corrected chi connectivity index (χ4v) is 2.30. The number of fused-ring (bicyclic) bond motifs is 1. The van der Waals surface area contributed by atoms with E-state index in [-0.39, 0.29) is 17.6 Å². The Morgan fingerprint density at radius 3 is 2.29 bits per heavy atom. The van der Waals surface area contributed by atoms with Crippen molar-refractivity contribution in [2.45, 2.75) is 39.2 Å². The van der Waals surface area contributed by atoms with Crippen LogP contribution in [0.15, 0.2) is 42.5 Å². The molecule has 21 heavy (non-hydrogen) atoms. The van der Waals surface area contributed by atoms with E-state index in [1.165, 1.54) is 6.42 Å². The molecule has 2 aromatic carbocycles. The van der Waals surface area contributed by atoms with Gasteiger partial charge in [-0.2, -0.15) is 0 Å². The summed E-state index contributed by atoms with van der Waals surface area (Å²) in [5, 5.41) is 18.7. The third kappa shape index (κ3) is 3.91. The zero-order chi connectivity index (χ0) is 15.2. The minimum Gasteiger partial charge on any atom is -0.508 e. The van der Waals surface area contributed by atoms with Crippen LogP contribution in [0.1, 0.15) is 43.9 Å². The summed E-state index contributed by atoms with van der Waals surface area (Å²) in [5.74, 6) is 1.37. The van der Waals surface area contributed by atoms with Gasteiger partial charge >= 0.3 is 0 Å². The van der Waals surface area contributed by atoms with E-state index in [2.05, 4.69) is 13.8 Å². The smallest absolute Gasteiger partial charge is 0.124 e. The van der Waals surface area contributed by atoms with Gasteiger partial charge in [0.25, 0.3) is 0 Å². The number of aromatic hydroxyl groups is 2. The summed E-state index contributed by atoms with van der Waals surface area (Å²) in [5.41, 5.74) is 2.11. The summed E-state index contributed by atoms with van der Waals surface area (Å²) in [7, 11) is 0. The zero-order valence-corrected chi connectivity index (χ0v) is 12.5. The zero-order valence-electron chi connectivity index (χ0n) is 12.5. The number of aryl methyl sites for hydroxylation is 1. The van der Waals surface area contributed by atoms with Crippen LogP contribution in [-0.2, 0) is 6.42 Å². The molecule has 0 spiro atoms. The molecule has 1 aliphatic heterocycles. The Bertz CT molecular complexity index is 576. The van der Waals surface area contributed by atoms with Gasteiger partial charge in [-0.15, -0.1) is 0 Å². The second-order valence-electron chi connectivity index (χ2n) is 5.24. The van der Waals surface area contributed by atoms with Gasteiger partial charge in [0.05, 0.1) is 0 Å². The van der Waals surface area contributed by atoms with E-state index < -0.39 is 0 Å². The van der Waals surface area contributed by atoms with Crippen molar-refractivity contribution in [3.05, 3.63) is 53.6 Å². The topological polar surface area (TPSA) is 49.7 Å². The molecular formula is C18H22O3. The number of hydrogen-bond acceptors (Lipinski definition) is 3. The predicted molar refractivity (Wildman–Crippen MR) is 83.9 cm³/mol. The van der Waals surface area contributed by atoms with Crippen LogP contribution in [0.5, 0.6) is 17.2 Å². The lowest BCUT2D eigenvalue weighted by Crippen LogP contribution is -2.14. The third-order valence-corrected chi connectivity index (χ3v) is 3.25. The summed E-state index contributed by atoms with van der Waals surface area (Å²) in [4.78, 5) is 0. The Labute approximate surface area is 125 Å². The third-order valence-electron chi connectivity index (χ3n) is 3.25. The normalized spacial score (nSPS) is 16.2. The molecule has 112 valence electrons. The highest BCUT2D eigenvalue weighted by Gasteiger charge is 2.21. The lowest BCUT2D eigenvalue weighted by Gasteiger charge is -2.26. The lowest BCUT2D eigenvalue weighted by molar-refractivity contribution is 0.176. The second kappa shape index (κ2) is 7.02. The molecule has 3 rings (SSSR count). The molecule has 0 aliphatic carbocycles. The Balaban J connectivity index is 0.000000497. The van der Waals surface area contributed by atoms with Gasteiger partial charge in [-0.3, -0.25) is 0 Å². The summed E-state index contributed by atoms with van der Waals surface area (Å²) >= 11 is 0. The number of rotatable bonds is 1. The first-order valence-corrected chi connectivity index (χ1v) is 7.41. The van der Waals surface area contributed by atoms with Crippen molar-refractivity contribution < 1.29 is 14.9 Å². The van der Waals surface area contributed by atoms with Crippen molar-refractivity contribution in [2.75, 3.05) is 0 Å². The standard InChI is InChI=1S/C15H14O3.C3H8/c16-12-4-1-10(2-5-12)14-7-3-11-9-13(17)6-8-15(11)18-14;1-3-2/h1-2,4-6,8-9,14,16-17H,3,7H2;3H2,1-2H3/t14-;/m1./s1. The van der Waals surface area contributed by atoms with Gasteiger partial charge < -0.3 is 14.9 Å². The summed E-state index contributed by atoms with van der Waals surface area (Å²) in [6, 6.07) is 12.3. The number of benzene rings is 2. The van der Waals surface area contributed by atoms with Crippen LogP contribution in [0.2, 0.25) is 0 Å². The van der Waals surface area contributed by atoms with Gasteiger partial charge in [0.15, 0.2) is 0 Å². The minimum absolute atomic E-state index is 0.0163. The Kier molecular flexibility index (Phi) is 5.09. The molecular weight excluding hydrogens is 264 g/mol. The minimum atomic E-state index is 0.0163. The van der Waals surface area contributed by atoms with E-state index in [0.717, 1.165) is 29.7 Å². The van der Waals surface area contributed by atoms with Crippen molar-refractivity contribution in [3.63, 3.8) is 0 Å². The van der Waals surface area contributed by atoms with E-state index in [4.69, 9.17) is 4.74 Å². The van der Waals surface area contributed by atoms with Crippen molar-refractivity contribution >= 4 is 0 Å². The molecule has 0 amide bonds. The van der Waals surface area contributed by atoms with Gasteiger partial charge in [0.2, 0.25) is 0 Å². The molecule has 1 atom stereocenters. The molecule has 0 radical (unpaired) electrons. The highest BCUT2D eigenvalue weighted by atomic mass is 16.5. The van der Waals surface area contributed by atoms with Crippen LogP contribution < -0.4 is 4.74 Å². The van der Waals surface area contributed by atoms with Crippen LogP contribution in [0.25, 0.3) is 0 Å². The molecule has 1 heterocycles. The second-order valence-corrected chi connectivity index (χ2v) is 5.24. The van der Waals surface area contributed by atoms with E-state index in [9.17, 15) is 10.2 Å². The number of ether oxygens (including phenoxy) is 1. The molecule has 0 saturated heterocycles. The maximum atomic E-state index is 9.42. The number of phenols is 2. The monoisotopic (exact) mass is 286 g/mol. The average molecular weight is 286 g/mol. The largest absolute Gasteiger partial charge is 0.508 e. The summed E-state index contributed by atoms with van der Waals surface area (Å²) < 4.78 is 5.92. The van der Waals surface area contributed by atoms with Gasteiger partial charge in [-0.25, -0.2) is 0 Å². The van der Waals surface area contributed by atoms with E-state index in [0.29, 0.717) is 0 Å². The van der Waals surface area contributed by atoms with E-state index in [1.807, 2.05) is 12.1 Å². The molecule has 2 aromatic rings. The average Bonchev–Trinajstić information content (AvgIpc) is 2.48. The lowest BCUT2D eigenvalue weighted by atomic mass is 9.97. The quantitative estimate of drug-likeness (QED) is 0.806. The van der Waals surface area contributed by atoms with Crippen LogP contribution in [-0.4, -0.2) is 10.2 Å². The molecule has 0 aromatic heterocycles. The van der Waals surface area contributed by atoms with Crippen LogP contribution in [0, 0.1) is 0 Å². The van der Waals surface area contributed by atoms with E-state index in [1.54, 1.807) is 30.3 Å². The van der Waals surface area contributed by atoms with E-state index >= 15 is 0 Å². The van der Waals surface area contributed by atoms with Gasteiger partial charge in [0.1, 0.15) is 23.4 Å². The molecule has 2 N–H and O–H groups in total. The predicted octanol–water partition coefficient (Wildman–Crippen LogP) is 4.58. The van der Waals surface area contributed by atoms with Gasteiger partial charge in [0, 0.05) is 0 Å². The number of phenolic OH excluding ortho intramolecular Hbond substituents is 2. The summed E-state index contributed by atoms with van der Waals surface area (Å²) in [6.45, 7) is 4.25. The molecule has 0 fully saturated rings.